The second-order valence-corrected chi connectivity index (χ2v) is 7.75. The molecule has 0 aromatic carbocycles. The minimum absolute atomic E-state index is 0.207. The number of aromatic nitrogens is 1. The second-order valence-electron chi connectivity index (χ2n) is 6.72. The summed E-state index contributed by atoms with van der Waals surface area (Å²) in [6.45, 7) is 2.98. The second kappa shape index (κ2) is 7.03. The van der Waals surface area contributed by atoms with E-state index in [1.165, 1.54) is 29.5 Å². The molecule has 2 aliphatic rings. The summed E-state index contributed by atoms with van der Waals surface area (Å²) in [5, 5.41) is 2.02. The van der Waals surface area contributed by atoms with Crippen molar-refractivity contribution in [1.29, 1.82) is 0 Å². The first-order valence-electron chi connectivity index (χ1n) is 8.62. The monoisotopic (exact) mass is 342 g/mol. The van der Waals surface area contributed by atoms with Gasteiger partial charge in [-0.15, -0.1) is 11.3 Å². The lowest BCUT2D eigenvalue weighted by molar-refractivity contribution is -0.131. The highest BCUT2D eigenvalue weighted by Crippen LogP contribution is 2.29. The van der Waals surface area contributed by atoms with Crippen LogP contribution in [-0.4, -0.2) is 28.9 Å². The Morgan fingerprint density at radius 1 is 1.38 bits per heavy atom. The highest BCUT2D eigenvalue weighted by atomic mass is 32.1. The van der Waals surface area contributed by atoms with Crippen molar-refractivity contribution in [2.24, 2.45) is 5.92 Å². The summed E-state index contributed by atoms with van der Waals surface area (Å²) < 4.78 is 5.83. The molecule has 4 rings (SSSR count). The molecule has 0 bridgehead atoms. The minimum atomic E-state index is 0.207. The number of amides is 1. The van der Waals surface area contributed by atoms with Crippen molar-refractivity contribution in [2.75, 3.05) is 13.2 Å². The van der Waals surface area contributed by atoms with E-state index < -0.39 is 0 Å². The van der Waals surface area contributed by atoms with E-state index in [0.717, 1.165) is 30.4 Å². The molecule has 0 radical (unpaired) electrons. The molecule has 1 aliphatic heterocycles. The number of hydrogen-bond donors (Lipinski definition) is 0. The molecule has 1 saturated carbocycles. The molecule has 3 heterocycles. The Kier molecular flexibility index (Phi) is 4.63. The van der Waals surface area contributed by atoms with Crippen LogP contribution in [0.5, 0.6) is 0 Å². The number of ether oxygens (including phenoxy) is 1. The van der Waals surface area contributed by atoms with Crippen LogP contribution in [0, 0.1) is 5.92 Å². The van der Waals surface area contributed by atoms with Crippen molar-refractivity contribution in [3.05, 3.63) is 51.5 Å². The normalized spacial score (nSPS) is 16.9. The highest BCUT2D eigenvalue weighted by Gasteiger charge is 2.24. The SMILES string of the molecule is O=C(Cc1cccs1)N1CCc2c(COCC3CC3)cncc2C1. The van der Waals surface area contributed by atoms with Gasteiger partial charge in [-0.1, -0.05) is 6.07 Å². The quantitative estimate of drug-likeness (QED) is 0.810. The number of hydrogen-bond acceptors (Lipinski definition) is 4. The molecule has 1 aliphatic carbocycles. The summed E-state index contributed by atoms with van der Waals surface area (Å²) in [5.74, 6) is 0.987. The van der Waals surface area contributed by atoms with Gasteiger partial charge in [0.25, 0.3) is 0 Å². The van der Waals surface area contributed by atoms with E-state index in [9.17, 15) is 4.79 Å². The van der Waals surface area contributed by atoms with Gasteiger partial charge >= 0.3 is 0 Å². The summed E-state index contributed by atoms with van der Waals surface area (Å²) in [4.78, 5) is 20.0. The third kappa shape index (κ3) is 3.68. The molecule has 0 saturated heterocycles. The van der Waals surface area contributed by atoms with Crippen molar-refractivity contribution in [1.82, 2.24) is 9.88 Å². The van der Waals surface area contributed by atoms with E-state index in [0.29, 0.717) is 19.6 Å². The summed E-state index contributed by atoms with van der Waals surface area (Å²) in [6.07, 6.45) is 7.86. The molecule has 0 N–H and O–H groups in total. The van der Waals surface area contributed by atoms with Crippen molar-refractivity contribution in [3.8, 4) is 0 Å². The van der Waals surface area contributed by atoms with Crippen molar-refractivity contribution >= 4 is 17.2 Å². The molecular weight excluding hydrogens is 320 g/mol. The van der Waals surface area contributed by atoms with Crippen LogP contribution in [0.4, 0.5) is 0 Å². The number of rotatable bonds is 6. The van der Waals surface area contributed by atoms with Gasteiger partial charge < -0.3 is 9.64 Å². The molecule has 0 spiro atoms. The van der Waals surface area contributed by atoms with E-state index in [-0.39, 0.29) is 5.91 Å². The van der Waals surface area contributed by atoms with E-state index >= 15 is 0 Å². The minimum Gasteiger partial charge on any atom is -0.376 e. The van der Waals surface area contributed by atoms with Gasteiger partial charge in [0.1, 0.15) is 0 Å². The largest absolute Gasteiger partial charge is 0.376 e. The van der Waals surface area contributed by atoms with Gasteiger partial charge in [-0.3, -0.25) is 9.78 Å². The molecule has 2 aromatic rings. The predicted molar refractivity (Wildman–Crippen MR) is 93.8 cm³/mol. The van der Waals surface area contributed by atoms with Crippen LogP contribution in [0.25, 0.3) is 0 Å². The molecule has 0 atom stereocenters. The zero-order chi connectivity index (χ0) is 16.4. The number of carbonyl (C=O) groups is 1. The van der Waals surface area contributed by atoms with Gasteiger partial charge in [0, 0.05) is 37.0 Å². The van der Waals surface area contributed by atoms with Crippen LogP contribution in [0.3, 0.4) is 0 Å². The van der Waals surface area contributed by atoms with E-state index in [1.807, 2.05) is 34.8 Å². The Balaban J connectivity index is 1.40. The first kappa shape index (κ1) is 15.8. The Hall–Kier alpha value is -1.72. The number of carbonyl (C=O) groups excluding carboxylic acids is 1. The molecular formula is C19H22N2O2S. The zero-order valence-electron chi connectivity index (χ0n) is 13.7. The van der Waals surface area contributed by atoms with Crippen LogP contribution in [0.15, 0.2) is 29.9 Å². The lowest BCUT2D eigenvalue weighted by Gasteiger charge is -2.30. The van der Waals surface area contributed by atoms with Gasteiger partial charge in [-0.05, 0) is 53.3 Å². The average molecular weight is 342 g/mol. The summed E-state index contributed by atoms with van der Waals surface area (Å²) in [6, 6.07) is 4.02. The smallest absolute Gasteiger partial charge is 0.228 e. The Morgan fingerprint density at radius 3 is 3.08 bits per heavy atom. The number of nitrogens with zero attached hydrogens (tertiary/aromatic N) is 2. The van der Waals surface area contributed by atoms with Crippen LogP contribution < -0.4 is 0 Å². The van der Waals surface area contributed by atoms with E-state index in [2.05, 4.69) is 4.98 Å². The fourth-order valence-corrected chi connectivity index (χ4v) is 3.90. The maximum Gasteiger partial charge on any atom is 0.228 e. The number of thiophene rings is 1. The van der Waals surface area contributed by atoms with Crippen LogP contribution >= 0.6 is 11.3 Å². The van der Waals surface area contributed by atoms with Gasteiger partial charge in [0.05, 0.1) is 13.0 Å². The molecule has 24 heavy (non-hydrogen) atoms. The van der Waals surface area contributed by atoms with Crippen LogP contribution in [0.2, 0.25) is 0 Å². The molecule has 126 valence electrons. The van der Waals surface area contributed by atoms with Crippen molar-refractivity contribution < 1.29 is 9.53 Å². The molecule has 0 unspecified atom stereocenters. The lowest BCUT2D eigenvalue weighted by atomic mass is 9.97. The number of fused-ring (bicyclic) bond motifs is 1. The third-order valence-electron chi connectivity index (χ3n) is 4.80. The molecule has 2 aromatic heterocycles. The maximum atomic E-state index is 12.5. The first-order chi connectivity index (χ1) is 11.8. The van der Waals surface area contributed by atoms with Gasteiger partial charge in [-0.2, -0.15) is 0 Å². The third-order valence-corrected chi connectivity index (χ3v) is 5.67. The van der Waals surface area contributed by atoms with Gasteiger partial charge in [0.15, 0.2) is 0 Å². The molecule has 1 amide bonds. The lowest BCUT2D eigenvalue weighted by Crippen LogP contribution is -2.37. The van der Waals surface area contributed by atoms with Crippen LogP contribution in [-0.2, 0) is 35.5 Å². The molecule has 5 heteroatoms. The van der Waals surface area contributed by atoms with Crippen molar-refractivity contribution in [2.45, 2.75) is 38.8 Å². The van der Waals surface area contributed by atoms with Crippen LogP contribution in [0.1, 0.15) is 34.4 Å². The standard InChI is InChI=1S/C19H22N2O2S/c22-19(8-17-2-1-7-24-17)21-6-5-18-15(11-21)9-20-10-16(18)13-23-12-14-3-4-14/h1-2,7,9-10,14H,3-6,8,11-13H2. The zero-order valence-corrected chi connectivity index (χ0v) is 14.6. The Morgan fingerprint density at radius 2 is 2.29 bits per heavy atom. The average Bonchev–Trinajstić information content (AvgIpc) is 3.29. The first-order valence-corrected chi connectivity index (χ1v) is 9.50. The van der Waals surface area contributed by atoms with E-state index in [1.54, 1.807) is 11.3 Å². The fourth-order valence-electron chi connectivity index (χ4n) is 3.20. The van der Waals surface area contributed by atoms with E-state index in [4.69, 9.17) is 4.74 Å². The summed E-state index contributed by atoms with van der Waals surface area (Å²) >= 11 is 1.64. The number of pyridine rings is 1. The molecule has 4 nitrogen and oxygen atoms in total. The highest BCUT2D eigenvalue weighted by molar-refractivity contribution is 7.10. The Labute approximate surface area is 146 Å². The predicted octanol–water partition coefficient (Wildman–Crippen LogP) is 3.20. The van der Waals surface area contributed by atoms with Gasteiger partial charge in [-0.25, -0.2) is 0 Å². The molecule has 1 fully saturated rings. The fraction of sp³-hybridized carbons (Fsp3) is 0.474. The van der Waals surface area contributed by atoms with Gasteiger partial charge in [0.2, 0.25) is 5.91 Å². The summed E-state index contributed by atoms with van der Waals surface area (Å²) in [5.41, 5.74) is 3.70. The maximum absolute atomic E-state index is 12.5. The van der Waals surface area contributed by atoms with Crippen molar-refractivity contribution in [3.63, 3.8) is 0 Å². The Bertz CT molecular complexity index is 710. The topological polar surface area (TPSA) is 42.4 Å². The summed E-state index contributed by atoms with van der Waals surface area (Å²) in [7, 11) is 0.